The number of nitrogens with zero attached hydrogens (tertiary/aromatic N) is 1. The molecule has 5 heteroatoms. The maximum atomic E-state index is 13.3. The maximum Gasteiger partial charge on any atom is 0.254 e. The first-order chi connectivity index (χ1) is 14.5. The SMILES string of the molecule is CC(C)[C@H](NC(=O)[C@H]1CCCN(C(=O)c2cccc3ccccc23)C1)c1cccs1. The Morgan fingerprint density at radius 3 is 2.63 bits per heavy atom. The van der Waals surface area contributed by atoms with Gasteiger partial charge in [0.15, 0.2) is 0 Å². The van der Waals surface area contributed by atoms with Gasteiger partial charge in [-0.05, 0) is 47.0 Å². The van der Waals surface area contributed by atoms with Crippen molar-refractivity contribution in [2.24, 2.45) is 11.8 Å². The predicted molar refractivity (Wildman–Crippen MR) is 123 cm³/mol. The quantitative estimate of drug-likeness (QED) is 0.611. The van der Waals surface area contributed by atoms with Crippen LogP contribution in [0.5, 0.6) is 0 Å². The molecule has 1 saturated heterocycles. The molecule has 2 aromatic carbocycles. The molecule has 1 aliphatic heterocycles. The van der Waals surface area contributed by atoms with Crippen molar-refractivity contribution in [1.29, 1.82) is 0 Å². The zero-order valence-electron chi connectivity index (χ0n) is 17.5. The molecule has 0 radical (unpaired) electrons. The molecule has 2 atom stereocenters. The standard InChI is InChI=1S/C25H28N2O2S/c1-17(2)23(22-13-7-15-30-22)26-24(28)19-10-6-14-27(16-19)25(29)21-12-5-9-18-8-3-4-11-20(18)21/h3-5,7-9,11-13,15,17,19,23H,6,10,14,16H2,1-2H3,(H,26,28)/t19-,23-/m0/s1. The smallest absolute Gasteiger partial charge is 0.254 e. The average molecular weight is 421 g/mol. The number of hydrogen-bond acceptors (Lipinski definition) is 3. The van der Waals surface area contributed by atoms with Gasteiger partial charge in [-0.1, -0.05) is 56.3 Å². The van der Waals surface area contributed by atoms with Crippen LogP contribution in [0.2, 0.25) is 0 Å². The molecular formula is C25H28N2O2S. The van der Waals surface area contributed by atoms with Crippen LogP contribution in [0.3, 0.4) is 0 Å². The van der Waals surface area contributed by atoms with E-state index >= 15 is 0 Å². The van der Waals surface area contributed by atoms with E-state index in [2.05, 4.69) is 25.2 Å². The summed E-state index contributed by atoms with van der Waals surface area (Å²) in [6.45, 7) is 5.43. The van der Waals surface area contributed by atoms with Crippen molar-refractivity contribution in [3.05, 3.63) is 70.4 Å². The Morgan fingerprint density at radius 2 is 1.87 bits per heavy atom. The van der Waals surface area contributed by atoms with E-state index < -0.39 is 0 Å². The molecule has 0 saturated carbocycles. The van der Waals surface area contributed by atoms with E-state index in [1.807, 2.05) is 58.8 Å². The van der Waals surface area contributed by atoms with Crippen LogP contribution in [0.25, 0.3) is 10.8 Å². The molecule has 2 heterocycles. The van der Waals surface area contributed by atoms with E-state index in [0.717, 1.165) is 23.6 Å². The summed E-state index contributed by atoms with van der Waals surface area (Å²) >= 11 is 1.67. The summed E-state index contributed by atoms with van der Waals surface area (Å²) in [6, 6.07) is 17.9. The van der Waals surface area contributed by atoms with Crippen LogP contribution in [-0.4, -0.2) is 29.8 Å². The number of likely N-dealkylation sites (tertiary alicyclic amines) is 1. The van der Waals surface area contributed by atoms with Crippen molar-refractivity contribution >= 4 is 33.9 Å². The second-order valence-corrected chi connectivity index (χ2v) is 9.34. The molecule has 2 amide bonds. The number of hydrogen-bond donors (Lipinski definition) is 1. The number of carbonyl (C=O) groups excluding carboxylic acids is 2. The highest BCUT2D eigenvalue weighted by Crippen LogP contribution is 2.28. The third-order valence-corrected chi connectivity index (χ3v) is 6.87. The number of carbonyl (C=O) groups is 2. The summed E-state index contributed by atoms with van der Waals surface area (Å²) in [5, 5.41) is 7.32. The molecule has 156 valence electrons. The van der Waals surface area contributed by atoms with Gasteiger partial charge in [-0.15, -0.1) is 11.3 Å². The number of benzene rings is 2. The molecule has 1 fully saturated rings. The van der Waals surface area contributed by atoms with Crippen LogP contribution < -0.4 is 5.32 Å². The number of rotatable bonds is 5. The summed E-state index contributed by atoms with van der Waals surface area (Å²) in [7, 11) is 0. The molecule has 4 rings (SSSR count). The summed E-state index contributed by atoms with van der Waals surface area (Å²) in [6.07, 6.45) is 1.67. The fourth-order valence-corrected chi connectivity index (χ4v) is 5.21. The van der Waals surface area contributed by atoms with Crippen molar-refractivity contribution in [3.8, 4) is 0 Å². The van der Waals surface area contributed by atoms with Crippen LogP contribution in [0, 0.1) is 11.8 Å². The molecule has 1 aromatic heterocycles. The minimum absolute atomic E-state index is 0.0154. The Morgan fingerprint density at radius 1 is 1.07 bits per heavy atom. The van der Waals surface area contributed by atoms with E-state index in [1.165, 1.54) is 4.88 Å². The van der Waals surface area contributed by atoms with E-state index in [4.69, 9.17) is 0 Å². The van der Waals surface area contributed by atoms with E-state index in [0.29, 0.717) is 24.6 Å². The van der Waals surface area contributed by atoms with Gasteiger partial charge in [-0.25, -0.2) is 0 Å². The molecular weight excluding hydrogens is 392 g/mol. The highest BCUT2D eigenvalue weighted by Gasteiger charge is 2.31. The first-order valence-corrected chi connectivity index (χ1v) is 11.5. The molecule has 1 aliphatic rings. The Labute approximate surface area is 181 Å². The van der Waals surface area contributed by atoms with Gasteiger partial charge in [0.2, 0.25) is 5.91 Å². The van der Waals surface area contributed by atoms with Gasteiger partial charge in [0.05, 0.1) is 12.0 Å². The lowest BCUT2D eigenvalue weighted by Crippen LogP contribution is -2.46. The Kier molecular flexibility index (Phi) is 6.18. The summed E-state index contributed by atoms with van der Waals surface area (Å²) in [4.78, 5) is 29.4. The molecule has 0 bridgehead atoms. The number of thiophene rings is 1. The summed E-state index contributed by atoms with van der Waals surface area (Å²) in [5.41, 5.74) is 0.716. The molecule has 3 aromatic rings. The second-order valence-electron chi connectivity index (χ2n) is 8.36. The Balaban J connectivity index is 1.48. The van der Waals surface area contributed by atoms with Crippen molar-refractivity contribution < 1.29 is 9.59 Å². The van der Waals surface area contributed by atoms with Crippen molar-refractivity contribution in [1.82, 2.24) is 10.2 Å². The molecule has 4 nitrogen and oxygen atoms in total. The van der Waals surface area contributed by atoms with Crippen molar-refractivity contribution in [3.63, 3.8) is 0 Å². The topological polar surface area (TPSA) is 49.4 Å². The van der Waals surface area contributed by atoms with Gasteiger partial charge >= 0.3 is 0 Å². The Hall–Kier alpha value is -2.66. The average Bonchev–Trinajstić information content (AvgIpc) is 3.30. The number of fused-ring (bicyclic) bond motifs is 1. The summed E-state index contributed by atoms with van der Waals surface area (Å²) in [5.74, 6) is 0.212. The summed E-state index contributed by atoms with van der Waals surface area (Å²) < 4.78 is 0. The molecule has 1 N–H and O–H groups in total. The van der Waals surface area contributed by atoms with Gasteiger partial charge in [-0.3, -0.25) is 9.59 Å². The minimum atomic E-state index is -0.168. The Bertz CT molecular complexity index is 1020. The lowest BCUT2D eigenvalue weighted by Gasteiger charge is -2.33. The third-order valence-electron chi connectivity index (χ3n) is 5.91. The van der Waals surface area contributed by atoms with Gasteiger partial charge in [-0.2, -0.15) is 0 Å². The van der Waals surface area contributed by atoms with Crippen LogP contribution in [-0.2, 0) is 4.79 Å². The zero-order chi connectivity index (χ0) is 21.1. The molecule has 0 spiro atoms. The molecule has 30 heavy (non-hydrogen) atoms. The fraction of sp³-hybridized carbons (Fsp3) is 0.360. The number of piperidine rings is 1. The minimum Gasteiger partial charge on any atom is -0.348 e. The zero-order valence-corrected chi connectivity index (χ0v) is 18.3. The second kappa shape index (κ2) is 9.00. The molecule has 0 aliphatic carbocycles. The van der Waals surface area contributed by atoms with Gasteiger partial charge < -0.3 is 10.2 Å². The van der Waals surface area contributed by atoms with Crippen molar-refractivity contribution in [2.75, 3.05) is 13.1 Å². The number of nitrogens with one attached hydrogen (secondary N) is 1. The van der Waals surface area contributed by atoms with E-state index in [9.17, 15) is 9.59 Å². The molecule has 0 unspecified atom stereocenters. The fourth-order valence-electron chi connectivity index (χ4n) is 4.26. The van der Waals surface area contributed by atoms with Gasteiger partial charge in [0.25, 0.3) is 5.91 Å². The van der Waals surface area contributed by atoms with Crippen LogP contribution in [0.1, 0.15) is 48.0 Å². The first-order valence-electron chi connectivity index (χ1n) is 10.7. The van der Waals surface area contributed by atoms with Gasteiger partial charge in [0.1, 0.15) is 0 Å². The van der Waals surface area contributed by atoms with Crippen LogP contribution in [0.15, 0.2) is 60.0 Å². The largest absolute Gasteiger partial charge is 0.348 e. The van der Waals surface area contributed by atoms with E-state index in [-0.39, 0.29) is 23.8 Å². The van der Waals surface area contributed by atoms with Crippen LogP contribution >= 0.6 is 11.3 Å². The monoisotopic (exact) mass is 420 g/mol. The first kappa shape index (κ1) is 20.6. The highest BCUT2D eigenvalue weighted by molar-refractivity contribution is 7.10. The highest BCUT2D eigenvalue weighted by atomic mass is 32.1. The van der Waals surface area contributed by atoms with Crippen LogP contribution in [0.4, 0.5) is 0 Å². The predicted octanol–water partition coefficient (Wildman–Crippen LogP) is 5.27. The lowest BCUT2D eigenvalue weighted by atomic mass is 9.94. The van der Waals surface area contributed by atoms with Crippen molar-refractivity contribution in [2.45, 2.75) is 32.7 Å². The number of amides is 2. The normalized spacial score (nSPS) is 17.8. The lowest BCUT2D eigenvalue weighted by molar-refractivity contribution is -0.127. The maximum absolute atomic E-state index is 13.3. The van der Waals surface area contributed by atoms with E-state index in [1.54, 1.807) is 11.3 Å². The van der Waals surface area contributed by atoms with Gasteiger partial charge in [0, 0.05) is 23.5 Å². The third kappa shape index (κ3) is 4.26.